The maximum atomic E-state index is 13.7. The van der Waals surface area contributed by atoms with E-state index < -0.39 is 22.8 Å². The van der Waals surface area contributed by atoms with Gasteiger partial charge in [0.25, 0.3) is 0 Å². The fraction of sp³-hybridized carbons (Fsp3) is 0.533. The monoisotopic (exact) mass is 278 g/mol. The van der Waals surface area contributed by atoms with Crippen LogP contribution in [0.4, 0.5) is 8.78 Å². The van der Waals surface area contributed by atoms with Crippen LogP contribution in [0.25, 0.3) is 0 Å². The number of rotatable bonds is 1. The lowest BCUT2D eigenvalue weighted by atomic mass is 9.74. The largest absolute Gasteiger partial charge is 0.385 e. The highest BCUT2D eigenvalue weighted by Crippen LogP contribution is 2.40. The molecule has 2 saturated heterocycles. The number of hydrogen-bond donors (Lipinski definition) is 2. The first-order valence-electron chi connectivity index (χ1n) is 6.90. The fourth-order valence-electron chi connectivity index (χ4n) is 3.52. The van der Waals surface area contributed by atoms with Crippen molar-refractivity contribution in [1.82, 2.24) is 5.32 Å². The zero-order valence-electron chi connectivity index (χ0n) is 11.0. The van der Waals surface area contributed by atoms with Gasteiger partial charge in [-0.2, -0.15) is 5.26 Å². The first-order chi connectivity index (χ1) is 9.51. The molecule has 20 heavy (non-hydrogen) atoms. The minimum Gasteiger partial charge on any atom is -0.385 e. The van der Waals surface area contributed by atoms with Crippen LogP contribution >= 0.6 is 0 Å². The van der Waals surface area contributed by atoms with Crippen LogP contribution < -0.4 is 5.32 Å². The molecule has 2 unspecified atom stereocenters. The molecule has 2 heterocycles. The average molecular weight is 278 g/mol. The molecule has 0 saturated carbocycles. The number of hydrogen-bond acceptors (Lipinski definition) is 3. The Balaban J connectivity index is 1.98. The van der Waals surface area contributed by atoms with E-state index in [4.69, 9.17) is 5.26 Å². The fourth-order valence-corrected chi connectivity index (χ4v) is 3.52. The molecule has 0 aliphatic carbocycles. The molecule has 1 aromatic carbocycles. The van der Waals surface area contributed by atoms with Crippen LogP contribution in [-0.4, -0.2) is 17.2 Å². The predicted molar refractivity (Wildman–Crippen MR) is 68.8 cm³/mol. The summed E-state index contributed by atoms with van der Waals surface area (Å²) in [4.78, 5) is 0. The molecular weight excluding hydrogens is 262 g/mol. The second kappa shape index (κ2) is 4.80. The summed E-state index contributed by atoms with van der Waals surface area (Å²) in [5.74, 6) is -1.81. The topological polar surface area (TPSA) is 56.0 Å². The lowest BCUT2D eigenvalue weighted by Gasteiger charge is -2.45. The Bertz CT molecular complexity index is 547. The summed E-state index contributed by atoms with van der Waals surface area (Å²) in [7, 11) is 0. The van der Waals surface area contributed by atoms with Crippen LogP contribution in [0.15, 0.2) is 12.1 Å². The van der Waals surface area contributed by atoms with E-state index >= 15 is 0 Å². The Morgan fingerprint density at radius 2 is 1.75 bits per heavy atom. The second-order valence-electron chi connectivity index (χ2n) is 5.86. The van der Waals surface area contributed by atoms with Gasteiger partial charge in [-0.1, -0.05) is 6.42 Å². The van der Waals surface area contributed by atoms with Gasteiger partial charge in [0.1, 0.15) is 23.3 Å². The lowest BCUT2D eigenvalue weighted by Crippen LogP contribution is -2.54. The van der Waals surface area contributed by atoms with Crippen LogP contribution in [0.3, 0.4) is 0 Å². The molecule has 3 rings (SSSR count). The zero-order valence-corrected chi connectivity index (χ0v) is 11.0. The number of fused-ring (bicyclic) bond motifs is 2. The van der Waals surface area contributed by atoms with E-state index in [1.165, 1.54) is 6.07 Å². The number of halogens is 2. The quantitative estimate of drug-likeness (QED) is 0.829. The molecule has 0 aromatic heterocycles. The molecule has 106 valence electrons. The molecule has 0 spiro atoms. The summed E-state index contributed by atoms with van der Waals surface area (Å²) in [6, 6.07) is 4.08. The van der Waals surface area contributed by atoms with E-state index in [2.05, 4.69) is 5.32 Å². The Morgan fingerprint density at radius 3 is 2.25 bits per heavy atom. The van der Waals surface area contributed by atoms with Gasteiger partial charge in [0.05, 0.1) is 5.60 Å². The first-order valence-corrected chi connectivity index (χ1v) is 6.90. The van der Waals surface area contributed by atoms with Gasteiger partial charge in [-0.25, -0.2) is 8.78 Å². The molecule has 2 fully saturated rings. The third-order valence-electron chi connectivity index (χ3n) is 4.44. The molecule has 2 atom stereocenters. The molecule has 5 heteroatoms. The van der Waals surface area contributed by atoms with Gasteiger partial charge in [-0.05, 0) is 43.4 Å². The van der Waals surface area contributed by atoms with Crippen molar-refractivity contribution >= 4 is 0 Å². The highest BCUT2D eigenvalue weighted by Gasteiger charge is 2.42. The number of nitriles is 1. The molecule has 2 aliphatic rings. The molecule has 2 aliphatic heterocycles. The summed E-state index contributed by atoms with van der Waals surface area (Å²) >= 11 is 0. The molecule has 1 aromatic rings. The van der Waals surface area contributed by atoms with Crippen LogP contribution in [0.5, 0.6) is 0 Å². The number of nitrogens with one attached hydrogen (secondary N) is 1. The molecular formula is C15H16F2N2O. The van der Waals surface area contributed by atoms with E-state index in [1.807, 2.05) is 0 Å². The molecule has 2 N–H and O–H groups in total. The SMILES string of the molecule is N#Cc1c(F)cc(C2(O)CC3CCCC(C2)N3)cc1F. The summed E-state index contributed by atoms with van der Waals surface area (Å²) in [5.41, 5.74) is -1.56. The zero-order chi connectivity index (χ0) is 14.3. The number of benzene rings is 1. The Kier molecular flexibility index (Phi) is 3.23. The lowest BCUT2D eigenvalue weighted by molar-refractivity contribution is -0.0363. The third-order valence-corrected chi connectivity index (χ3v) is 4.44. The van der Waals surface area contributed by atoms with Crippen molar-refractivity contribution in [2.75, 3.05) is 0 Å². The van der Waals surface area contributed by atoms with Crippen LogP contribution in [0, 0.1) is 23.0 Å². The Morgan fingerprint density at radius 1 is 1.20 bits per heavy atom. The summed E-state index contributed by atoms with van der Waals surface area (Å²) in [6.07, 6.45) is 3.97. The van der Waals surface area contributed by atoms with Gasteiger partial charge < -0.3 is 10.4 Å². The van der Waals surface area contributed by atoms with Crippen molar-refractivity contribution in [3.8, 4) is 6.07 Å². The van der Waals surface area contributed by atoms with Crippen molar-refractivity contribution in [2.24, 2.45) is 0 Å². The smallest absolute Gasteiger partial charge is 0.144 e. The van der Waals surface area contributed by atoms with Crippen molar-refractivity contribution in [3.63, 3.8) is 0 Å². The minimum absolute atomic E-state index is 0.189. The maximum Gasteiger partial charge on any atom is 0.144 e. The summed E-state index contributed by atoms with van der Waals surface area (Å²) in [5, 5.41) is 22.9. The number of aliphatic hydroxyl groups is 1. The second-order valence-corrected chi connectivity index (χ2v) is 5.86. The maximum absolute atomic E-state index is 13.7. The van der Waals surface area contributed by atoms with Crippen molar-refractivity contribution in [2.45, 2.75) is 49.8 Å². The Labute approximate surface area is 116 Å². The third kappa shape index (κ3) is 2.19. The van der Waals surface area contributed by atoms with Crippen molar-refractivity contribution in [3.05, 3.63) is 34.9 Å². The highest BCUT2D eigenvalue weighted by molar-refractivity contribution is 5.37. The van der Waals surface area contributed by atoms with E-state index in [1.54, 1.807) is 0 Å². The summed E-state index contributed by atoms with van der Waals surface area (Å²) < 4.78 is 27.5. The van der Waals surface area contributed by atoms with E-state index in [0.717, 1.165) is 31.4 Å². The molecule has 2 bridgehead atoms. The van der Waals surface area contributed by atoms with Crippen LogP contribution in [-0.2, 0) is 5.60 Å². The van der Waals surface area contributed by atoms with Gasteiger partial charge in [0, 0.05) is 12.1 Å². The van der Waals surface area contributed by atoms with Gasteiger partial charge >= 0.3 is 0 Å². The first kappa shape index (κ1) is 13.5. The van der Waals surface area contributed by atoms with Crippen molar-refractivity contribution < 1.29 is 13.9 Å². The van der Waals surface area contributed by atoms with E-state index in [9.17, 15) is 13.9 Å². The normalized spacial score (nSPS) is 32.7. The standard InChI is InChI=1S/C15H16F2N2O/c16-13-4-9(5-14(17)12(13)8-18)15(20)6-10-2-1-3-11(7-15)19-10/h4-5,10-11,19-20H,1-3,6-7H2. The van der Waals surface area contributed by atoms with Gasteiger partial charge in [-0.15, -0.1) is 0 Å². The van der Waals surface area contributed by atoms with Gasteiger partial charge in [0.15, 0.2) is 0 Å². The van der Waals surface area contributed by atoms with E-state index in [-0.39, 0.29) is 17.6 Å². The van der Waals surface area contributed by atoms with E-state index in [0.29, 0.717) is 12.8 Å². The average Bonchev–Trinajstić information content (AvgIpc) is 2.37. The summed E-state index contributed by atoms with van der Waals surface area (Å²) in [6.45, 7) is 0. The number of piperidine rings is 2. The van der Waals surface area contributed by atoms with Crippen LogP contribution in [0.1, 0.15) is 43.2 Å². The molecule has 3 nitrogen and oxygen atoms in total. The highest BCUT2D eigenvalue weighted by atomic mass is 19.1. The minimum atomic E-state index is -1.21. The Hall–Kier alpha value is -1.51. The predicted octanol–water partition coefficient (Wildman–Crippen LogP) is 2.33. The van der Waals surface area contributed by atoms with Crippen molar-refractivity contribution in [1.29, 1.82) is 5.26 Å². The van der Waals surface area contributed by atoms with Gasteiger partial charge in [0.2, 0.25) is 0 Å². The van der Waals surface area contributed by atoms with Crippen LogP contribution in [0.2, 0.25) is 0 Å². The molecule has 0 radical (unpaired) electrons. The van der Waals surface area contributed by atoms with Gasteiger partial charge in [-0.3, -0.25) is 0 Å². The number of nitrogens with zero attached hydrogens (tertiary/aromatic N) is 1. The molecule has 0 amide bonds.